The number of ether oxygens (including phenoxy) is 1. The molecule has 0 N–H and O–H groups in total. The molecule has 1 rings (SSSR count). The van der Waals surface area contributed by atoms with Gasteiger partial charge in [-0.1, -0.05) is 32.9 Å². The van der Waals surface area contributed by atoms with Crippen molar-refractivity contribution in [2.24, 2.45) is 11.8 Å². The van der Waals surface area contributed by atoms with Gasteiger partial charge >= 0.3 is 0 Å². The van der Waals surface area contributed by atoms with Crippen molar-refractivity contribution < 1.29 is 4.74 Å². The molecule has 0 spiro atoms. The summed E-state index contributed by atoms with van der Waals surface area (Å²) in [5.41, 5.74) is 1.27. The average molecular weight is 241 g/mol. The summed E-state index contributed by atoms with van der Waals surface area (Å²) >= 11 is 6.40. The van der Waals surface area contributed by atoms with Crippen LogP contribution in [0.2, 0.25) is 0 Å². The van der Waals surface area contributed by atoms with Crippen LogP contribution in [-0.2, 0) is 6.42 Å². The van der Waals surface area contributed by atoms with E-state index in [4.69, 9.17) is 16.3 Å². The van der Waals surface area contributed by atoms with Gasteiger partial charge < -0.3 is 4.74 Å². The Morgan fingerprint density at radius 1 is 1.12 bits per heavy atom. The molecule has 0 radical (unpaired) electrons. The topological polar surface area (TPSA) is 9.23 Å². The lowest BCUT2D eigenvalue weighted by Crippen LogP contribution is -2.19. The van der Waals surface area contributed by atoms with Crippen molar-refractivity contribution in [1.29, 1.82) is 0 Å². The zero-order chi connectivity index (χ0) is 12.1. The van der Waals surface area contributed by atoms with Crippen LogP contribution >= 0.6 is 11.6 Å². The van der Waals surface area contributed by atoms with Gasteiger partial charge in [-0.3, -0.25) is 0 Å². The van der Waals surface area contributed by atoms with E-state index in [1.807, 2.05) is 12.1 Å². The van der Waals surface area contributed by atoms with Gasteiger partial charge in [0.15, 0.2) is 0 Å². The number of methoxy groups -OCH3 is 1. The first-order chi connectivity index (χ1) is 7.54. The average Bonchev–Trinajstić information content (AvgIpc) is 2.28. The minimum atomic E-state index is 0.202. The highest BCUT2D eigenvalue weighted by molar-refractivity contribution is 6.20. The maximum absolute atomic E-state index is 6.40. The summed E-state index contributed by atoms with van der Waals surface area (Å²) in [5, 5.41) is 0.202. The van der Waals surface area contributed by atoms with E-state index < -0.39 is 0 Å². The minimum Gasteiger partial charge on any atom is -0.497 e. The van der Waals surface area contributed by atoms with Crippen LogP contribution in [0.1, 0.15) is 26.3 Å². The standard InChI is InChI=1S/C14H21ClO/c1-10(2)11(3)14(15)9-12-5-7-13(16-4)8-6-12/h5-8,10-11,14H,9H2,1-4H3. The molecular formula is C14H21ClO. The molecule has 0 aliphatic carbocycles. The largest absolute Gasteiger partial charge is 0.497 e. The first-order valence-corrected chi connectivity index (χ1v) is 6.25. The van der Waals surface area contributed by atoms with Crippen molar-refractivity contribution in [1.82, 2.24) is 0 Å². The van der Waals surface area contributed by atoms with Crippen LogP contribution in [0.15, 0.2) is 24.3 Å². The molecule has 0 bridgehead atoms. The van der Waals surface area contributed by atoms with E-state index >= 15 is 0 Å². The molecule has 1 aromatic rings. The lowest BCUT2D eigenvalue weighted by atomic mass is 9.91. The molecule has 2 atom stereocenters. The Balaban J connectivity index is 2.59. The molecule has 0 aliphatic heterocycles. The van der Waals surface area contributed by atoms with Gasteiger partial charge in [-0.05, 0) is 36.0 Å². The van der Waals surface area contributed by atoms with E-state index in [9.17, 15) is 0 Å². The predicted molar refractivity (Wildman–Crippen MR) is 70.3 cm³/mol. The molecule has 0 saturated carbocycles. The Kier molecular flexibility index (Phi) is 5.14. The summed E-state index contributed by atoms with van der Waals surface area (Å²) in [6.07, 6.45) is 0.922. The second kappa shape index (κ2) is 6.15. The van der Waals surface area contributed by atoms with Crippen LogP contribution in [0, 0.1) is 11.8 Å². The van der Waals surface area contributed by atoms with E-state index in [-0.39, 0.29) is 5.38 Å². The Labute approximate surface area is 104 Å². The van der Waals surface area contributed by atoms with E-state index in [1.165, 1.54) is 5.56 Å². The number of benzene rings is 1. The summed E-state index contributed by atoms with van der Waals surface area (Å²) in [4.78, 5) is 0. The highest BCUT2D eigenvalue weighted by Gasteiger charge is 2.17. The Morgan fingerprint density at radius 3 is 2.12 bits per heavy atom. The summed E-state index contributed by atoms with van der Waals surface area (Å²) in [7, 11) is 1.68. The maximum Gasteiger partial charge on any atom is 0.118 e. The van der Waals surface area contributed by atoms with Gasteiger partial charge in [0.05, 0.1) is 7.11 Å². The van der Waals surface area contributed by atoms with E-state index in [0.29, 0.717) is 11.8 Å². The van der Waals surface area contributed by atoms with Gasteiger partial charge in [0, 0.05) is 5.38 Å². The van der Waals surface area contributed by atoms with E-state index in [2.05, 4.69) is 32.9 Å². The van der Waals surface area contributed by atoms with Crippen LogP contribution in [-0.4, -0.2) is 12.5 Å². The number of hydrogen-bond donors (Lipinski definition) is 0. The number of rotatable bonds is 5. The molecule has 0 fully saturated rings. The lowest BCUT2D eigenvalue weighted by Gasteiger charge is -2.21. The maximum atomic E-state index is 6.40. The van der Waals surface area contributed by atoms with Crippen LogP contribution < -0.4 is 4.74 Å². The number of alkyl halides is 1. The highest BCUT2D eigenvalue weighted by Crippen LogP contribution is 2.23. The summed E-state index contributed by atoms with van der Waals surface area (Å²) in [6.45, 7) is 6.65. The SMILES string of the molecule is COc1ccc(CC(Cl)C(C)C(C)C)cc1. The van der Waals surface area contributed by atoms with Gasteiger partial charge in [0.25, 0.3) is 0 Å². The summed E-state index contributed by atoms with van der Waals surface area (Å²) in [5.74, 6) is 2.05. The minimum absolute atomic E-state index is 0.202. The van der Waals surface area contributed by atoms with Crippen molar-refractivity contribution in [3.05, 3.63) is 29.8 Å². The molecule has 0 aliphatic rings. The molecule has 2 heteroatoms. The molecule has 0 heterocycles. The smallest absolute Gasteiger partial charge is 0.118 e. The lowest BCUT2D eigenvalue weighted by molar-refractivity contribution is 0.398. The zero-order valence-electron chi connectivity index (χ0n) is 10.5. The second-order valence-electron chi connectivity index (χ2n) is 4.67. The molecule has 16 heavy (non-hydrogen) atoms. The predicted octanol–water partition coefficient (Wildman–Crippen LogP) is 4.14. The van der Waals surface area contributed by atoms with Crippen LogP contribution in [0.5, 0.6) is 5.75 Å². The van der Waals surface area contributed by atoms with Crippen LogP contribution in [0.4, 0.5) is 0 Å². The van der Waals surface area contributed by atoms with Crippen LogP contribution in [0.3, 0.4) is 0 Å². The Hall–Kier alpha value is -0.690. The summed E-state index contributed by atoms with van der Waals surface area (Å²) in [6, 6.07) is 8.14. The monoisotopic (exact) mass is 240 g/mol. The quantitative estimate of drug-likeness (QED) is 0.703. The zero-order valence-corrected chi connectivity index (χ0v) is 11.3. The fourth-order valence-corrected chi connectivity index (χ4v) is 2.06. The van der Waals surface area contributed by atoms with Gasteiger partial charge in [-0.2, -0.15) is 0 Å². The second-order valence-corrected chi connectivity index (χ2v) is 5.23. The van der Waals surface area contributed by atoms with Gasteiger partial charge in [-0.15, -0.1) is 11.6 Å². The fourth-order valence-electron chi connectivity index (χ4n) is 1.59. The van der Waals surface area contributed by atoms with E-state index in [0.717, 1.165) is 12.2 Å². The highest BCUT2D eigenvalue weighted by atomic mass is 35.5. The molecular weight excluding hydrogens is 220 g/mol. The van der Waals surface area contributed by atoms with Crippen molar-refractivity contribution in [2.45, 2.75) is 32.6 Å². The first kappa shape index (κ1) is 13.4. The third-order valence-electron chi connectivity index (χ3n) is 3.21. The molecule has 0 aromatic heterocycles. The van der Waals surface area contributed by atoms with Gasteiger partial charge in [-0.25, -0.2) is 0 Å². The van der Waals surface area contributed by atoms with E-state index in [1.54, 1.807) is 7.11 Å². The molecule has 0 saturated heterocycles. The van der Waals surface area contributed by atoms with Crippen molar-refractivity contribution in [3.63, 3.8) is 0 Å². The summed E-state index contributed by atoms with van der Waals surface area (Å²) < 4.78 is 5.13. The third kappa shape index (κ3) is 3.71. The normalized spacial score (nSPS) is 14.9. The number of hydrogen-bond acceptors (Lipinski definition) is 1. The van der Waals surface area contributed by atoms with Crippen molar-refractivity contribution in [2.75, 3.05) is 7.11 Å². The fraction of sp³-hybridized carbons (Fsp3) is 0.571. The molecule has 0 amide bonds. The molecule has 2 unspecified atom stereocenters. The third-order valence-corrected chi connectivity index (χ3v) is 3.76. The molecule has 1 aromatic carbocycles. The number of halogens is 1. The van der Waals surface area contributed by atoms with Gasteiger partial charge in [0.2, 0.25) is 0 Å². The van der Waals surface area contributed by atoms with Crippen LogP contribution in [0.25, 0.3) is 0 Å². The molecule has 1 nitrogen and oxygen atoms in total. The van der Waals surface area contributed by atoms with Crippen molar-refractivity contribution >= 4 is 11.6 Å². The Bertz CT molecular complexity index is 305. The first-order valence-electron chi connectivity index (χ1n) is 5.81. The molecule has 90 valence electrons. The van der Waals surface area contributed by atoms with Crippen molar-refractivity contribution in [3.8, 4) is 5.75 Å². The Morgan fingerprint density at radius 2 is 1.69 bits per heavy atom. The van der Waals surface area contributed by atoms with Gasteiger partial charge in [0.1, 0.15) is 5.75 Å².